The summed E-state index contributed by atoms with van der Waals surface area (Å²) in [5, 5.41) is 8.81. The third-order valence-electron chi connectivity index (χ3n) is 3.55. The van der Waals surface area contributed by atoms with E-state index in [1.807, 2.05) is 0 Å². The largest absolute Gasteiger partial charge is 0.416 e. The van der Waals surface area contributed by atoms with Crippen LogP contribution in [0.4, 0.5) is 13.2 Å². The number of alkyl halides is 3. The minimum Gasteiger partial charge on any atom is -0.393 e. The van der Waals surface area contributed by atoms with Crippen LogP contribution < -0.4 is 0 Å². The third kappa shape index (κ3) is 3.15. The maximum Gasteiger partial charge on any atom is 0.416 e. The number of halogens is 3. The molecular formula is C13H15F3O3S. The molecule has 112 valence electrons. The molecule has 2 rings (SSSR count). The zero-order valence-corrected chi connectivity index (χ0v) is 11.4. The number of hydrogen-bond donors (Lipinski definition) is 1. The maximum atomic E-state index is 12.4. The van der Waals surface area contributed by atoms with E-state index in [4.69, 9.17) is 0 Å². The summed E-state index contributed by atoms with van der Waals surface area (Å²) in [6.07, 6.45) is -3.39. The Hall–Kier alpha value is -1.08. The van der Waals surface area contributed by atoms with E-state index in [0.29, 0.717) is 19.3 Å². The van der Waals surface area contributed by atoms with E-state index in [9.17, 15) is 26.7 Å². The van der Waals surface area contributed by atoms with Gasteiger partial charge in [0.2, 0.25) is 0 Å². The predicted octanol–water partition coefficient (Wildman–Crippen LogP) is 2.78. The van der Waals surface area contributed by atoms with Crippen LogP contribution in [0.25, 0.3) is 0 Å². The molecule has 1 saturated carbocycles. The van der Waals surface area contributed by atoms with Crippen LogP contribution in [-0.2, 0) is 16.0 Å². The molecule has 20 heavy (non-hydrogen) atoms. The summed E-state index contributed by atoms with van der Waals surface area (Å²) in [4.78, 5) is -0.121. The van der Waals surface area contributed by atoms with Crippen LogP contribution in [0.15, 0.2) is 29.2 Å². The van der Waals surface area contributed by atoms with Crippen molar-refractivity contribution in [1.82, 2.24) is 0 Å². The van der Waals surface area contributed by atoms with Crippen LogP contribution in [0.2, 0.25) is 0 Å². The number of rotatable bonds is 2. The van der Waals surface area contributed by atoms with Crippen molar-refractivity contribution >= 4 is 9.84 Å². The second-order valence-corrected chi connectivity index (χ2v) is 7.24. The molecule has 1 aliphatic carbocycles. The summed E-state index contributed by atoms with van der Waals surface area (Å²) in [5.74, 6) is 0. The Morgan fingerprint density at radius 1 is 1.10 bits per heavy atom. The van der Waals surface area contributed by atoms with Crippen LogP contribution in [0.1, 0.15) is 31.2 Å². The van der Waals surface area contributed by atoms with Gasteiger partial charge in [0.1, 0.15) is 0 Å². The molecule has 0 aromatic heterocycles. The predicted molar refractivity (Wildman–Crippen MR) is 66.9 cm³/mol. The molecule has 2 atom stereocenters. The molecule has 1 aliphatic rings. The standard InChI is InChI=1S/C13H15F3O3S/c14-13(15,16)9-4-6-11(7-5-9)20(18,19)12-3-1-2-10(17)8-12/h4-7,10,12,17H,1-3,8H2. The molecule has 1 fully saturated rings. The highest BCUT2D eigenvalue weighted by atomic mass is 32.2. The Balaban J connectivity index is 2.26. The van der Waals surface area contributed by atoms with Gasteiger partial charge in [0, 0.05) is 0 Å². The fraction of sp³-hybridized carbons (Fsp3) is 0.538. The van der Waals surface area contributed by atoms with E-state index in [1.54, 1.807) is 0 Å². The molecule has 0 heterocycles. The van der Waals surface area contributed by atoms with Crippen LogP contribution in [-0.4, -0.2) is 24.9 Å². The number of aliphatic hydroxyl groups excluding tert-OH is 1. The van der Waals surface area contributed by atoms with Crippen molar-refractivity contribution in [2.24, 2.45) is 0 Å². The molecule has 0 spiro atoms. The highest BCUT2D eigenvalue weighted by Crippen LogP contribution is 2.32. The van der Waals surface area contributed by atoms with Gasteiger partial charge >= 0.3 is 6.18 Å². The fourth-order valence-corrected chi connectivity index (χ4v) is 4.28. The van der Waals surface area contributed by atoms with Crippen molar-refractivity contribution in [3.05, 3.63) is 29.8 Å². The summed E-state index contributed by atoms with van der Waals surface area (Å²) in [7, 11) is -3.68. The van der Waals surface area contributed by atoms with Gasteiger partial charge in [-0.2, -0.15) is 13.2 Å². The van der Waals surface area contributed by atoms with E-state index in [0.717, 1.165) is 24.3 Å². The Bertz CT molecular complexity index is 564. The first-order chi connectivity index (χ1) is 9.21. The normalized spacial score (nSPS) is 24.6. The van der Waals surface area contributed by atoms with E-state index < -0.39 is 32.9 Å². The molecule has 0 saturated heterocycles. The molecular weight excluding hydrogens is 293 g/mol. The van der Waals surface area contributed by atoms with E-state index in [1.165, 1.54) is 0 Å². The van der Waals surface area contributed by atoms with Crippen LogP contribution in [0.3, 0.4) is 0 Å². The van der Waals surface area contributed by atoms with E-state index in [-0.39, 0.29) is 11.3 Å². The van der Waals surface area contributed by atoms with Crippen molar-refractivity contribution in [3.63, 3.8) is 0 Å². The smallest absolute Gasteiger partial charge is 0.393 e. The third-order valence-corrected chi connectivity index (χ3v) is 5.78. The molecule has 1 aromatic rings. The van der Waals surface area contributed by atoms with Crippen molar-refractivity contribution in [3.8, 4) is 0 Å². The Morgan fingerprint density at radius 3 is 2.20 bits per heavy atom. The summed E-state index contributed by atoms with van der Waals surface area (Å²) in [6, 6.07) is 3.51. The Kier molecular flexibility index (Phi) is 4.11. The van der Waals surface area contributed by atoms with Crippen LogP contribution in [0, 0.1) is 0 Å². The summed E-state index contributed by atoms with van der Waals surface area (Å²) in [6.45, 7) is 0. The number of benzene rings is 1. The minimum atomic E-state index is -4.48. The number of sulfone groups is 1. The molecule has 0 bridgehead atoms. The molecule has 1 N–H and O–H groups in total. The maximum absolute atomic E-state index is 12.4. The van der Waals surface area contributed by atoms with Gasteiger partial charge in [0.05, 0.1) is 21.8 Å². The van der Waals surface area contributed by atoms with Gasteiger partial charge in [-0.1, -0.05) is 0 Å². The first kappa shape index (κ1) is 15.3. The second kappa shape index (κ2) is 5.37. The number of aliphatic hydroxyl groups is 1. The highest BCUT2D eigenvalue weighted by molar-refractivity contribution is 7.92. The second-order valence-electron chi connectivity index (χ2n) is 5.01. The quantitative estimate of drug-likeness (QED) is 0.914. The van der Waals surface area contributed by atoms with Gasteiger partial charge in [-0.15, -0.1) is 0 Å². The van der Waals surface area contributed by atoms with Crippen LogP contribution >= 0.6 is 0 Å². The van der Waals surface area contributed by atoms with Gasteiger partial charge in [0.25, 0.3) is 0 Å². The molecule has 0 amide bonds. The fourth-order valence-electron chi connectivity index (χ4n) is 2.43. The van der Waals surface area contributed by atoms with Gasteiger partial charge in [-0.25, -0.2) is 8.42 Å². The first-order valence-corrected chi connectivity index (χ1v) is 7.85. The zero-order valence-electron chi connectivity index (χ0n) is 10.6. The Labute approximate surface area is 115 Å². The lowest BCUT2D eigenvalue weighted by Gasteiger charge is -2.25. The molecule has 1 aromatic carbocycles. The van der Waals surface area contributed by atoms with Crippen molar-refractivity contribution in [2.45, 2.75) is 48.1 Å². The molecule has 0 aliphatic heterocycles. The first-order valence-electron chi connectivity index (χ1n) is 6.30. The minimum absolute atomic E-state index is 0.121. The monoisotopic (exact) mass is 308 g/mol. The summed E-state index contributed by atoms with van der Waals surface area (Å²) in [5.41, 5.74) is -0.875. The van der Waals surface area contributed by atoms with Gasteiger partial charge < -0.3 is 5.11 Å². The SMILES string of the molecule is O=S(=O)(c1ccc(C(F)(F)F)cc1)C1CCCC(O)C1. The van der Waals surface area contributed by atoms with Crippen molar-refractivity contribution in [1.29, 1.82) is 0 Å². The molecule has 3 nitrogen and oxygen atoms in total. The van der Waals surface area contributed by atoms with Gasteiger partial charge in [-0.05, 0) is 49.9 Å². The van der Waals surface area contributed by atoms with E-state index >= 15 is 0 Å². The molecule has 7 heteroatoms. The van der Waals surface area contributed by atoms with Gasteiger partial charge in [0.15, 0.2) is 9.84 Å². The lowest BCUT2D eigenvalue weighted by molar-refractivity contribution is -0.137. The topological polar surface area (TPSA) is 54.4 Å². The molecule has 2 unspecified atom stereocenters. The average Bonchev–Trinajstić information content (AvgIpc) is 2.38. The lowest BCUT2D eigenvalue weighted by atomic mass is 9.97. The van der Waals surface area contributed by atoms with Gasteiger partial charge in [-0.3, -0.25) is 0 Å². The number of hydrogen-bond acceptors (Lipinski definition) is 3. The Morgan fingerprint density at radius 2 is 1.70 bits per heavy atom. The van der Waals surface area contributed by atoms with E-state index in [2.05, 4.69) is 0 Å². The highest BCUT2D eigenvalue weighted by Gasteiger charge is 2.34. The van der Waals surface area contributed by atoms with Crippen LogP contribution in [0.5, 0.6) is 0 Å². The summed E-state index contributed by atoms with van der Waals surface area (Å²) >= 11 is 0. The lowest BCUT2D eigenvalue weighted by Crippen LogP contribution is -2.30. The zero-order chi connectivity index (χ0) is 15.0. The van der Waals surface area contributed by atoms with Crippen molar-refractivity contribution < 1.29 is 26.7 Å². The average molecular weight is 308 g/mol. The summed E-state index contributed by atoms with van der Waals surface area (Å²) < 4.78 is 61.9. The van der Waals surface area contributed by atoms with Crippen molar-refractivity contribution in [2.75, 3.05) is 0 Å². The molecule has 0 radical (unpaired) electrons.